The Labute approximate surface area is 488 Å². The van der Waals surface area contributed by atoms with E-state index in [1.165, 1.54) is 188 Å². The predicted molar refractivity (Wildman–Crippen MR) is 355 cm³/mol. The SMILES string of the molecule is Cc1cccc2c(-c3ccc4c(c3)C(C)(C)c3cc(-c5ccc6c(c5)C(C)(C)c5cc(-c7c8cccc(C)c8c(-c8ccc9c(c8)C(C)(C)c8ccccc8-9)c8cccc(C)c78)ccc5-6)ccc3-4)c3c(C)cccc3c(-c3ccccc3)c12. The standard InChI is InChI=1S/C83H66/c1-47-20-17-28-64-73(47)77(51-24-12-11-13-25-51)63-27-16-21-48(2)74(63)78(64)55-35-40-61-59-37-32-52(42-68(59)82(7,8)71(61)45-55)53-33-38-60-62-41-36-56(46-72(62)83(9,10)69(60)43-53)80-66-30-19-22-49(3)75(66)79(65-29-18-23-50(4)76(65)80)54-34-39-58-57-26-14-15-31-67(57)81(5,6)70(58)44-54/h11-46H,1-10H3. The summed E-state index contributed by atoms with van der Waals surface area (Å²) in [6.45, 7) is 23.7. The Balaban J connectivity index is 0.778. The van der Waals surface area contributed by atoms with Gasteiger partial charge < -0.3 is 0 Å². The van der Waals surface area contributed by atoms with Crippen molar-refractivity contribution in [2.24, 2.45) is 0 Å². The Morgan fingerprint density at radius 3 is 0.819 bits per heavy atom. The van der Waals surface area contributed by atoms with Gasteiger partial charge >= 0.3 is 0 Å². The highest BCUT2D eigenvalue weighted by Crippen LogP contribution is 2.57. The van der Waals surface area contributed by atoms with E-state index < -0.39 is 0 Å². The van der Waals surface area contributed by atoms with Gasteiger partial charge in [0.05, 0.1) is 0 Å². The lowest BCUT2D eigenvalue weighted by molar-refractivity contribution is 0.660. The van der Waals surface area contributed by atoms with Gasteiger partial charge in [0.15, 0.2) is 0 Å². The van der Waals surface area contributed by atoms with E-state index in [1.54, 1.807) is 0 Å². The highest BCUT2D eigenvalue weighted by atomic mass is 14.4. The van der Waals surface area contributed by atoms with Crippen LogP contribution in [0.2, 0.25) is 0 Å². The zero-order chi connectivity index (χ0) is 56.6. The molecule has 0 nitrogen and oxygen atoms in total. The van der Waals surface area contributed by atoms with Crippen molar-refractivity contribution in [3.63, 3.8) is 0 Å². The molecule has 0 saturated heterocycles. The molecule has 398 valence electrons. The van der Waals surface area contributed by atoms with Crippen molar-refractivity contribution < 1.29 is 0 Å². The molecule has 0 aliphatic heterocycles. The fourth-order valence-corrected chi connectivity index (χ4v) is 16.2. The lowest BCUT2D eigenvalue weighted by Gasteiger charge is -2.25. The van der Waals surface area contributed by atoms with E-state index in [-0.39, 0.29) is 16.2 Å². The summed E-state index contributed by atoms with van der Waals surface area (Å²) in [5, 5.41) is 10.6. The number of hydrogen-bond acceptors (Lipinski definition) is 0. The average molecular weight is 1060 g/mol. The monoisotopic (exact) mass is 1060 g/mol. The van der Waals surface area contributed by atoms with Crippen LogP contribution in [-0.2, 0) is 16.2 Å². The zero-order valence-electron chi connectivity index (χ0n) is 49.3. The molecule has 0 bridgehead atoms. The smallest absolute Gasteiger partial charge is 0.0159 e. The summed E-state index contributed by atoms with van der Waals surface area (Å²) in [4.78, 5) is 0. The first-order valence-corrected chi connectivity index (χ1v) is 29.9. The molecule has 0 radical (unpaired) electrons. The molecule has 0 fully saturated rings. The maximum atomic E-state index is 2.54. The Morgan fingerprint density at radius 1 is 0.205 bits per heavy atom. The molecule has 13 aromatic rings. The van der Waals surface area contributed by atoms with Crippen molar-refractivity contribution >= 4 is 43.1 Å². The van der Waals surface area contributed by atoms with E-state index in [0.29, 0.717) is 0 Å². The molecule has 16 rings (SSSR count). The molecular formula is C83H66. The van der Waals surface area contributed by atoms with Crippen molar-refractivity contribution in [2.45, 2.75) is 85.5 Å². The van der Waals surface area contributed by atoms with Gasteiger partial charge in [-0.25, -0.2) is 0 Å². The van der Waals surface area contributed by atoms with Crippen LogP contribution >= 0.6 is 0 Å². The molecule has 0 spiro atoms. The summed E-state index contributed by atoms with van der Waals surface area (Å²) in [5.74, 6) is 0. The van der Waals surface area contributed by atoms with E-state index >= 15 is 0 Å². The molecule has 0 aromatic heterocycles. The van der Waals surface area contributed by atoms with Crippen molar-refractivity contribution in [3.05, 3.63) is 274 Å². The van der Waals surface area contributed by atoms with Gasteiger partial charge in [0.25, 0.3) is 0 Å². The maximum absolute atomic E-state index is 2.54. The van der Waals surface area contributed by atoms with Crippen molar-refractivity contribution in [2.75, 3.05) is 0 Å². The predicted octanol–water partition coefficient (Wildman–Crippen LogP) is 22.8. The fourth-order valence-electron chi connectivity index (χ4n) is 16.2. The number of aryl methyl sites for hydroxylation is 4. The van der Waals surface area contributed by atoms with Crippen LogP contribution in [0.15, 0.2) is 218 Å². The van der Waals surface area contributed by atoms with Gasteiger partial charge in [-0.2, -0.15) is 0 Å². The van der Waals surface area contributed by atoms with E-state index in [9.17, 15) is 0 Å². The van der Waals surface area contributed by atoms with Gasteiger partial charge in [0, 0.05) is 16.2 Å². The first-order chi connectivity index (χ1) is 40.1. The van der Waals surface area contributed by atoms with E-state index in [4.69, 9.17) is 0 Å². The van der Waals surface area contributed by atoms with Crippen molar-refractivity contribution in [1.82, 2.24) is 0 Å². The zero-order valence-corrected chi connectivity index (χ0v) is 49.3. The summed E-state index contributed by atoms with van der Waals surface area (Å²) < 4.78 is 0. The molecule has 0 heteroatoms. The highest BCUT2D eigenvalue weighted by Gasteiger charge is 2.40. The first kappa shape index (κ1) is 49.7. The van der Waals surface area contributed by atoms with Crippen LogP contribution in [-0.4, -0.2) is 0 Å². The van der Waals surface area contributed by atoms with Crippen molar-refractivity contribution in [3.8, 4) is 89.0 Å². The molecular weight excluding hydrogens is 997 g/mol. The van der Waals surface area contributed by atoms with Crippen LogP contribution < -0.4 is 0 Å². The summed E-state index contributed by atoms with van der Waals surface area (Å²) in [5.41, 5.74) is 34.0. The van der Waals surface area contributed by atoms with Crippen LogP contribution in [0, 0.1) is 27.7 Å². The fraction of sp³-hybridized carbons (Fsp3) is 0.157. The number of hydrogen-bond donors (Lipinski definition) is 0. The quantitative estimate of drug-likeness (QED) is 0.151. The molecule has 13 aromatic carbocycles. The third kappa shape index (κ3) is 6.87. The van der Waals surface area contributed by atoms with Crippen molar-refractivity contribution in [1.29, 1.82) is 0 Å². The van der Waals surface area contributed by atoms with E-state index in [2.05, 4.69) is 288 Å². The molecule has 0 N–H and O–H groups in total. The second-order valence-corrected chi connectivity index (χ2v) is 26.1. The Kier molecular flexibility index (Phi) is 10.5. The van der Waals surface area contributed by atoms with Crippen LogP contribution in [0.3, 0.4) is 0 Å². The molecule has 3 aliphatic rings. The van der Waals surface area contributed by atoms with Crippen LogP contribution in [0.4, 0.5) is 0 Å². The molecule has 0 atom stereocenters. The Morgan fingerprint density at radius 2 is 0.470 bits per heavy atom. The largest absolute Gasteiger partial charge is 0.0622 e. The van der Waals surface area contributed by atoms with Crippen LogP contribution in [0.5, 0.6) is 0 Å². The van der Waals surface area contributed by atoms with Gasteiger partial charge in [-0.15, -0.1) is 0 Å². The lowest BCUT2D eigenvalue weighted by atomic mass is 9.78. The van der Waals surface area contributed by atoms with Gasteiger partial charge in [0.1, 0.15) is 0 Å². The minimum absolute atomic E-state index is 0.0894. The topological polar surface area (TPSA) is 0 Å². The molecule has 83 heavy (non-hydrogen) atoms. The second-order valence-electron chi connectivity index (χ2n) is 26.1. The summed E-state index contributed by atoms with van der Waals surface area (Å²) in [6.07, 6.45) is 0. The summed E-state index contributed by atoms with van der Waals surface area (Å²) in [7, 11) is 0. The number of benzene rings is 13. The molecule has 3 aliphatic carbocycles. The van der Waals surface area contributed by atoms with Gasteiger partial charge in [-0.1, -0.05) is 230 Å². The summed E-state index contributed by atoms with van der Waals surface area (Å²) in [6, 6.07) is 84.1. The Bertz CT molecular complexity index is 5010. The van der Waals surface area contributed by atoms with Crippen LogP contribution in [0.1, 0.15) is 97.2 Å². The minimum Gasteiger partial charge on any atom is -0.0622 e. The Hall–Kier alpha value is -9.10. The number of fused-ring (bicyclic) bond motifs is 13. The van der Waals surface area contributed by atoms with Crippen LogP contribution in [0.25, 0.3) is 132 Å². The van der Waals surface area contributed by atoms with E-state index in [0.717, 1.165) is 0 Å². The van der Waals surface area contributed by atoms with E-state index in [1.807, 2.05) is 0 Å². The van der Waals surface area contributed by atoms with Gasteiger partial charge in [-0.05, 0) is 246 Å². The third-order valence-corrected chi connectivity index (χ3v) is 20.4. The second kappa shape index (κ2) is 17.5. The average Bonchev–Trinajstić information content (AvgIpc) is 4.10. The summed E-state index contributed by atoms with van der Waals surface area (Å²) >= 11 is 0. The highest BCUT2D eigenvalue weighted by molar-refractivity contribution is 6.25. The normalized spacial score (nSPS) is 14.7. The lowest BCUT2D eigenvalue weighted by Crippen LogP contribution is -2.15. The molecule has 0 saturated carbocycles. The third-order valence-electron chi connectivity index (χ3n) is 20.4. The molecule has 0 amide bonds. The first-order valence-electron chi connectivity index (χ1n) is 29.9. The molecule has 0 unspecified atom stereocenters. The number of rotatable bonds is 5. The van der Waals surface area contributed by atoms with Gasteiger partial charge in [0.2, 0.25) is 0 Å². The molecule has 0 heterocycles. The van der Waals surface area contributed by atoms with Gasteiger partial charge in [-0.3, -0.25) is 0 Å². The maximum Gasteiger partial charge on any atom is 0.0159 e. The minimum atomic E-state index is -0.227.